The van der Waals surface area contributed by atoms with E-state index in [1.165, 1.54) is 4.90 Å². The molecule has 3 fully saturated rings. The predicted octanol–water partition coefficient (Wildman–Crippen LogP) is 4.47. The topological polar surface area (TPSA) is 117 Å². The molecule has 0 saturated carbocycles. The van der Waals surface area contributed by atoms with Gasteiger partial charge in [-0.05, 0) is 62.1 Å². The molecule has 41 heavy (non-hydrogen) atoms. The molecule has 5 rings (SSSR count). The lowest BCUT2D eigenvalue weighted by Crippen LogP contribution is -2.56. The Kier molecular flexibility index (Phi) is 8.66. The molecule has 220 valence electrons. The molecular weight excluding hydrogens is 614 g/mol. The summed E-state index contributed by atoms with van der Waals surface area (Å²) in [6, 6.07) is 12.2. The van der Waals surface area contributed by atoms with Gasteiger partial charge in [0.1, 0.15) is 17.4 Å². The smallest absolute Gasteiger partial charge is 0.250 e. The summed E-state index contributed by atoms with van der Waals surface area (Å²) in [4.78, 5) is 43.4. The number of ether oxygens (including phenoxy) is 2. The quantitative estimate of drug-likeness (QED) is 0.328. The van der Waals surface area contributed by atoms with Gasteiger partial charge >= 0.3 is 0 Å². The van der Waals surface area contributed by atoms with Crippen molar-refractivity contribution in [1.82, 2.24) is 4.90 Å². The highest BCUT2D eigenvalue weighted by Gasteiger charge is 2.77. The van der Waals surface area contributed by atoms with E-state index in [0.717, 1.165) is 0 Å². The fourth-order valence-electron chi connectivity index (χ4n) is 6.67. The van der Waals surface area contributed by atoms with E-state index in [1.807, 2.05) is 20.8 Å². The molecule has 0 aromatic heterocycles. The van der Waals surface area contributed by atoms with Gasteiger partial charge in [0.15, 0.2) is 0 Å². The number of rotatable bonds is 10. The van der Waals surface area contributed by atoms with E-state index in [1.54, 1.807) is 48.5 Å². The second-order valence-electron chi connectivity index (χ2n) is 11.3. The molecular formula is C30H35BrClN3O6. The zero-order chi connectivity index (χ0) is 29.5. The van der Waals surface area contributed by atoms with E-state index >= 15 is 0 Å². The van der Waals surface area contributed by atoms with E-state index in [4.69, 9.17) is 21.1 Å². The molecule has 3 aliphatic rings. The third-order valence-corrected chi connectivity index (χ3v) is 9.36. The van der Waals surface area contributed by atoms with Crippen molar-refractivity contribution < 1.29 is 29.0 Å². The van der Waals surface area contributed by atoms with Crippen molar-refractivity contribution in [3.8, 4) is 5.75 Å². The summed E-state index contributed by atoms with van der Waals surface area (Å²) in [6.45, 7) is 6.07. The highest BCUT2D eigenvalue weighted by Crippen LogP contribution is 2.60. The van der Waals surface area contributed by atoms with Crippen molar-refractivity contribution in [2.75, 3.05) is 23.8 Å². The van der Waals surface area contributed by atoms with Crippen molar-refractivity contribution in [1.29, 1.82) is 0 Å². The second kappa shape index (κ2) is 11.9. The van der Waals surface area contributed by atoms with Crippen LogP contribution < -0.4 is 15.4 Å². The van der Waals surface area contributed by atoms with Crippen LogP contribution >= 0.6 is 27.5 Å². The molecule has 7 atom stereocenters. The van der Waals surface area contributed by atoms with Gasteiger partial charge in [0.05, 0.1) is 47.9 Å². The summed E-state index contributed by atoms with van der Waals surface area (Å²) in [7, 11) is 0. The summed E-state index contributed by atoms with van der Waals surface area (Å²) in [6.07, 6.45) is 0.227. The number of alkyl halides is 1. The van der Waals surface area contributed by atoms with Gasteiger partial charge in [0.25, 0.3) is 0 Å². The Morgan fingerprint density at radius 1 is 1.17 bits per heavy atom. The summed E-state index contributed by atoms with van der Waals surface area (Å²) in [5.41, 5.74) is -0.291. The number of hydrogen-bond donors (Lipinski definition) is 3. The highest BCUT2D eigenvalue weighted by atomic mass is 79.9. The number of carbonyl (C=O) groups excluding carboxylic acids is 3. The van der Waals surface area contributed by atoms with Gasteiger partial charge < -0.3 is 30.1 Å². The average Bonchev–Trinajstić information content (AvgIpc) is 3.53. The van der Waals surface area contributed by atoms with Crippen molar-refractivity contribution in [3.63, 3.8) is 0 Å². The molecule has 3 saturated heterocycles. The highest BCUT2D eigenvalue weighted by molar-refractivity contribution is 9.09. The number of anilines is 2. The number of hydrogen-bond acceptors (Lipinski definition) is 6. The minimum Gasteiger partial charge on any atom is -0.494 e. The number of carbonyl (C=O) groups is 3. The molecule has 0 radical (unpaired) electrons. The maximum absolute atomic E-state index is 14.3. The van der Waals surface area contributed by atoms with Crippen molar-refractivity contribution in [2.45, 2.75) is 62.2 Å². The van der Waals surface area contributed by atoms with Crippen LogP contribution in [-0.4, -0.2) is 69.6 Å². The molecule has 9 nitrogen and oxygen atoms in total. The molecule has 3 N–H and O–H groups in total. The number of nitrogens with zero attached hydrogens (tertiary/aromatic N) is 1. The van der Waals surface area contributed by atoms with Gasteiger partial charge in [-0.1, -0.05) is 53.5 Å². The number of benzene rings is 2. The van der Waals surface area contributed by atoms with Crippen LogP contribution in [0.4, 0.5) is 11.4 Å². The fourth-order valence-corrected chi connectivity index (χ4v) is 7.80. The van der Waals surface area contributed by atoms with Gasteiger partial charge in [-0.15, -0.1) is 0 Å². The van der Waals surface area contributed by atoms with Crippen LogP contribution in [0.2, 0.25) is 5.02 Å². The lowest BCUT2D eigenvalue weighted by atomic mass is 9.70. The van der Waals surface area contributed by atoms with Gasteiger partial charge in [-0.2, -0.15) is 0 Å². The largest absolute Gasteiger partial charge is 0.494 e. The fraction of sp³-hybridized carbons (Fsp3) is 0.500. The molecule has 11 heteroatoms. The molecule has 2 bridgehead atoms. The Bertz CT molecular complexity index is 1310. The summed E-state index contributed by atoms with van der Waals surface area (Å²) in [5, 5.41) is 16.6. The Labute approximate surface area is 253 Å². The summed E-state index contributed by atoms with van der Waals surface area (Å²) < 4.78 is 12.0. The molecule has 0 aliphatic carbocycles. The molecule has 2 aromatic carbocycles. The predicted molar refractivity (Wildman–Crippen MR) is 159 cm³/mol. The number of para-hydroxylation sites is 1. The zero-order valence-electron chi connectivity index (χ0n) is 23.2. The monoisotopic (exact) mass is 647 g/mol. The Balaban J connectivity index is 1.50. The maximum atomic E-state index is 14.3. The Hall–Kier alpha value is -2.66. The van der Waals surface area contributed by atoms with Gasteiger partial charge in [-0.25, -0.2) is 0 Å². The SMILES string of the molecule is CCOc1ccc(NC(=O)[C@H]2[C@@H]3OC4(CC3Br)C(C(=O)Nc3ccccc3Cl)N([C@@H](CO)CC(C)C)C(=O)[C@H]24)cc1. The van der Waals surface area contributed by atoms with Crippen LogP contribution in [0.1, 0.15) is 33.6 Å². The number of likely N-dealkylation sites (tertiary alicyclic amines) is 1. The van der Waals surface area contributed by atoms with Crippen LogP contribution in [0.15, 0.2) is 48.5 Å². The summed E-state index contributed by atoms with van der Waals surface area (Å²) in [5.74, 6) is -2.10. The van der Waals surface area contributed by atoms with Gasteiger partial charge in [-0.3, -0.25) is 14.4 Å². The lowest BCUT2D eigenvalue weighted by Gasteiger charge is -2.37. The normalized spacial score (nSPS) is 29.0. The van der Waals surface area contributed by atoms with Crippen LogP contribution in [0, 0.1) is 17.8 Å². The first-order chi connectivity index (χ1) is 19.6. The number of amides is 3. The second-order valence-corrected chi connectivity index (χ2v) is 12.9. The lowest BCUT2D eigenvalue weighted by molar-refractivity contribution is -0.143. The first-order valence-corrected chi connectivity index (χ1v) is 15.2. The number of fused-ring (bicyclic) bond motifs is 1. The van der Waals surface area contributed by atoms with Crippen LogP contribution in [0.3, 0.4) is 0 Å². The third-order valence-electron chi connectivity index (χ3n) is 8.19. The Morgan fingerprint density at radius 3 is 2.51 bits per heavy atom. The van der Waals surface area contributed by atoms with E-state index in [-0.39, 0.29) is 29.2 Å². The minimum absolute atomic E-state index is 0.144. The minimum atomic E-state index is -1.26. The number of nitrogens with one attached hydrogen (secondary N) is 2. The molecule has 1 spiro atoms. The van der Waals surface area contributed by atoms with Crippen LogP contribution in [0.25, 0.3) is 0 Å². The average molecular weight is 649 g/mol. The molecule has 3 amide bonds. The van der Waals surface area contributed by atoms with E-state index in [9.17, 15) is 19.5 Å². The van der Waals surface area contributed by atoms with Gasteiger partial charge in [0.2, 0.25) is 17.7 Å². The van der Waals surface area contributed by atoms with Crippen LogP contribution in [-0.2, 0) is 19.1 Å². The summed E-state index contributed by atoms with van der Waals surface area (Å²) >= 11 is 10.0. The van der Waals surface area contributed by atoms with E-state index in [0.29, 0.717) is 41.6 Å². The van der Waals surface area contributed by atoms with Gasteiger partial charge in [0, 0.05) is 10.5 Å². The van der Waals surface area contributed by atoms with E-state index in [2.05, 4.69) is 26.6 Å². The van der Waals surface area contributed by atoms with Crippen molar-refractivity contribution in [2.24, 2.45) is 17.8 Å². The number of aliphatic hydroxyl groups is 1. The molecule has 2 aromatic rings. The third kappa shape index (κ3) is 5.35. The number of halogens is 2. The maximum Gasteiger partial charge on any atom is 0.250 e. The van der Waals surface area contributed by atoms with Crippen LogP contribution in [0.5, 0.6) is 5.75 Å². The standard InChI is InChI=1S/C30H35BrClN3O6/c1-4-40-19-11-9-17(10-12-19)33-27(37)23-24-29(39)35(18(15-36)13-16(2)3)26(30(24)14-20(31)25(23)41-30)28(38)34-22-8-6-5-7-21(22)32/h5-12,16,18,20,23-26,36H,4,13-15H2,1-3H3,(H,33,37)(H,34,38)/t18-,20?,23-,24+,25-,26?,30?/m1/s1. The first-order valence-electron chi connectivity index (χ1n) is 13.9. The van der Waals surface area contributed by atoms with Crippen molar-refractivity contribution >= 4 is 56.6 Å². The molecule has 3 unspecified atom stereocenters. The zero-order valence-corrected chi connectivity index (χ0v) is 25.5. The Morgan fingerprint density at radius 2 is 1.88 bits per heavy atom. The first kappa shape index (κ1) is 29.8. The van der Waals surface area contributed by atoms with E-state index < -0.39 is 41.5 Å². The molecule has 3 aliphatic heterocycles. The van der Waals surface area contributed by atoms with Crippen molar-refractivity contribution in [3.05, 3.63) is 53.6 Å². The number of aliphatic hydroxyl groups excluding tert-OH is 1. The molecule has 3 heterocycles.